The van der Waals surface area contributed by atoms with E-state index in [4.69, 9.17) is 9.26 Å². The highest BCUT2D eigenvalue weighted by Gasteiger charge is 2.37. The summed E-state index contributed by atoms with van der Waals surface area (Å²) in [5, 5.41) is 7.02. The van der Waals surface area contributed by atoms with Crippen LogP contribution in [0.5, 0.6) is 0 Å². The molecule has 0 spiro atoms. The van der Waals surface area contributed by atoms with Gasteiger partial charge in [-0.15, -0.1) is 0 Å². The van der Waals surface area contributed by atoms with E-state index in [1.165, 1.54) is 0 Å². The van der Waals surface area contributed by atoms with Gasteiger partial charge < -0.3 is 19.5 Å². The second kappa shape index (κ2) is 10.1. The van der Waals surface area contributed by atoms with E-state index in [1.807, 2.05) is 13.8 Å². The summed E-state index contributed by atoms with van der Waals surface area (Å²) in [6.45, 7) is 8.40. The lowest BCUT2D eigenvalue weighted by molar-refractivity contribution is -0.135. The van der Waals surface area contributed by atoms with Crippen LogP contribution in [0.3, 0.4) is 0 Å². The molecule has 1 aromatic heterocycles. The molecule has 1 aromatic rings. The molecule has 0 aromatic carbocycles. The van der Waals surface area contributed by atoms with E-state index in [1.54, 1.807) is 0 Å². The first kappa shape index (κ1) is 22.3. The fourth-order valence-corrected chi connectivity index (χ4v) is 5.00. The molecule has 3 heterocycles. The molecular formula is C23H36N4O4. The van der Waals surface area contributed by atoms with Crippen molar-refractivity contribution in [3.05, 3.63) is 17.0 Å². The maximum absolute atomic E-state index is 12.6. The molecule has 1 unspecified atom stereocenters. The molecule has 1 atom stereocenters. The highest BCUT2D eigenvalue weighted by molar-refractivity contribution is 5.81. The third kappa shape index (κ3) is 5.66. The number of nitrogens with one attached hydrogen (secondary N) is 1. The second-order valence-corrected chi connectivity index (χ2v) is 9.27. The van der Waals surface area contributed by atoms with Gasteiger partial charge in [-0.1, -0.05) is 5.16 Å². The molecule has 0 radical (unpaired) electrons. The van der Waals surface area contributed by atoms with Gasteiger partial charge in [0.1, 0.15) is 5.76 Å². The Morgan fingerprint density at radius 1 is 1.13 bits per heavy atom. The maximum atomic E-state index is 12.6. The summed E-state index contributed by atoms with van der Waals surface area (Å²) in [4.78, 5) is 29.8. The number of rotatable bonds is 8. The normalized spacial score (nSPS) is 22.7. The number of aromatic nitrogens is 1. The first-order valence-electron chi connectivity index (χ1n) is 11.8. The van der Waals surface area contributed by atoms with Gasteiger partial charge in [0.25, 0.3) is 0 Å². The Hall–Kier alpha value is -1.93. The van der Waals surface area contributed by atoms with Crippen LogP contribution in [0.4, 0.5) is 0 Å². The van der Waals surface area contributed by atoms with Crippen LogP contribution < -0.4 is 5.32 Å². The van der Waals surface area contributed by atoms with Crippen LogP contribution in [0.2, 0.25) is 0 Å². The lowest BCUT2D eigenvalue weighted by Gasteiger charge is -2.44. The van der Waals surface area contributed by atoms with Crippen molar-refractivity contribution < 1.29 is 18.8 Å². The van der Waals surface area contributed by atoms with Crippen LogP contribution in [0.1, 0.15) is 55.5 Å². The Morgan fingerprint density at radius 3 is 2.58 bits per heavy atom. The van der Waals surface area contributed by atoms with Gasteiger partial charge in [-0.25, -0.2) is 0 Å². The molecule has 172 valence electrons. The van der Waals surface area contributed by atoms with Gasteiger partial charge in [0.05, 0.1) is 12.1 Å². The number of carbonyl (C=O) groups is 2. The second-order valence-electron chi connectivity index (χ2n) is 9.27. The zero-order valence-corrected chi connectivity index (χ0v) is 18.9. The summed E-state index contributed by atoms with van der Waals surface area (Å²) in [7, 11) is 0. The Bertz CT molecular complexity index is 750. The Kier molecular flexibility index (Phi) is 7.27. The summed E-state index contributed by atoms with van der Waals surface area (Å²) in [5.41, 5.74) is 1.65. The monoisotopic (exact) mass is 432 g/mol. The van der Waals surface area contributed by atoms with Crippen LogP contribution in [0.25, 0.3) is 0 Å². The minimum atomic E-state index is -0.00416. The van der Waals surface area contributed by atoms with Crippen LogP contribution >= 0.6 is 0 Å². The summed E-state index contributed by atoms with van der Waals surface area (Å²) >= 11 is 0. The number of hydrogen-bond donors (Lipinski definition) is 1. The third-order valence-electron chi connectivity index (χ3n) is 6.97. The van der Waals surface area contributed by atoms with Crippen molar-refractivity contribution in [3.8, 4) is 0 Å². The average molecular weight is 433 g/mol. The standard InChI is InChI=1S/C23H36N4O4/c1-16-21(17(2)31-25-16)14-22(28)24-9-11-27(19-7-12-30-13-8-19)20-4-3-10-26(15-20)23(29)18-5-6-18/h18-20H,3-15H2,1-2H3,(H,24,28). The average Bonchev–Trinajstić information content (AvgIpc) is 3.59. The van der Waals surface area contributed by atoms with Gasteiger partial charge in [-0.3, -0.25) is 14.5 Å². The van der Waals surface area contributed by atoms with Crippen molar-refractivity contribution in [1.29, 1.82) is 0 Å². The van der Waals surface area contributed by atoms with Gasteiger partial charge >= 0.3 is 0 Å². The van der Waals surface area contributed by atoms with E-state index in [0.29, 0.717) is 36.7 Å². The van der Waals surface area contributed by atoms with E-state index >= 15 is 0 Å². The number of hydrogen-bond acceptors (Lipinski definition) is 6. The number of likely N-dealkylation sites (tertiary alicyclic amines) is 1. The smallest absolute Gasteiger partial charge is 0.225 e. The van der Waals surface area contributed by atoms with Crippen LogP contribution in [-0.4, -0.2) is 78.2 Å². The topological polar surface area (TPSA) is 87.9 Å². The van der Waals surface area contributed by atoms with E-state index in [0.717, 1.165) is 82.6 Å². The summed E-state index contributed by atoms with van der Waals surface area (Å²) in [6, 6.07) is 0.813. The predicted molar refractivity (Wildman–Crippen MR) is 116 cm³/mol. The first-order valence-corrected chi connectivity index (χ1v) is 11.8. The summed E-state index contributed by atoms with van der Waals surface area (Å²) in [5.74, 6) is 1.33. The van der Waals surface area contributed by atoms with Crippen molar-refractivity contribution in [2.45, 2.75) is 70.9 Å². The number of ether oxygens (including phenoxy) is 1. The zero-order chi connectivity index (χ0) is 21.8. The van der Waals surface area contributed by atoms with Gasteiger partial charge in [-0.2, -0.15) is 0 Å². The largest absolute Gasteiger partial charge is 0.381 e. The number of amides is 2. The zero-order valence-electron chi connectivity index (χ0n) is 18.9. The molecule has 8 heteroatoms. The Balaban J connectivity index is 1.33. The van der Waals surface area contributed by atoms with E-state index in [-0.39, 0.29) is 11.8 Å². The number of carbonyl (C=O) groups excluding carboxylic acids is 2. The summed E-state index contributed by atoms with van der Waals surface area (Å²) < 4.78 is 10.8. The molecule has 31 heavy (non-hydrogen) atoms. The van der Waals surface area contributed by atoms with Crippen molar-refractivity contribution in [3.63, 3.8) is 0 Å². The van der Waals surface area contributed by atoms with Crippen molar-refractivity contribution >= 4 is 11.8 Å². The van der Waals surface area contributed by atoms with Gasteiger partial charge in [0.2, 0.25) is 11.8 Å². The van der Waals surface area contributed by atoms with Gasteiger partial charge in [0, 0.05) is 63.0 Å². The minimum absolute atomic E-state index is 0.00416. The van der Waals surface area contributed by atoms with E-state index < -0.39 is 0 Å². The lowest BCUT2D eigenvalue weighted by atomic mass is 9.98. The van der Waals surface area contributed by atoms with Crippen LogP contribution in [0.15, 0.2) is 4.52 Å². The molecule has 3 aliphatic rings. The molecular weight excluding hydrogens is 396 g/mol. The molecule has 0 bridgehead atoms. The number of aryl methyl sites for hydroxylation is 2. The molecule has 1 N–H and O–H groups in total. The number of piperidine rings is 1. The Labute approximate surface area is 184 Å². The third-order valence-corrected chi connectivity index (χ3v) is 6.97. The molecule has 3 fully saturated rings. The lowest BCUT2D eigenvalue weighted by Crippen LogP contribution is -2.55. The fourth-order valence-electron chi connectivity index (χ4n) is 5.00. The molecule has 2 saturated heterocycles. The van der Waals surface area contributed by atoms with Crippen LogP contribution in [0, 0.1) is 19.8 Å². The van der Waals surface area contributed by atoms with Crippen LogP contribution in [-0.2, 0) is 20.7 Å². The van der Waals surface area contributed by atoms with E-state index in [2.05, 4.69) is 20.3 Å². The number of nitrogens with zero attached hydrogens (tertiary/aromatic N) is 3. The molecule has 2 amide bonds. The fraction of sp³-hybridized carbons (Fsp3) is 0.783. The molecule has 1 saturated carbocycles. The predicted octanol–water partition coefficient (Wildman–Crippen LogP) is 1.83. The molecule has 8 nitrogen and oxygen atoms in total. The SMILES string of the molecule is Cc1noc(C)c1CC(=O)NCCN(C1CCOCC1)C1CCCN(C(=O)C2CC2)C1. The first-order chi connectivity index (χ1) is 15.0. The van der Waals surface area contributed by atoms with Gasteiger partial charge in [-0.05, 0) is 52.4 Å². The van der Waals surface area contributed by atoms with E-state index in [9.17, 15) is 9.59 Å². The van der Waals surface area contributed by atoms with Crippen molar-refractivity contribution in [2.24, 2.45) is 5.92 Å². The highest BCUT2D eigenvalue weighted by Crippen LogP contribution is 2.32. The van der Waals surface area contributed by atoms with Gasteiger partial charge in [0.15, 0.2) is 0 Å². The van der Waals surface area contributed by atoms with Crippen molar-refractivity contribution in [1.82, 2.24) is 20.3 Å². The maximum Gasteiger partial charge on any atom is 0.225 e. The highest BCUT2D eigenvalue weighted by atomic mass is 16.5. The molecule has 2 aliphatic heterocycles. The molecule has 4 rings (SSSR count). The quantitative estimate of drug-likeness (QED) is 0.674. The summed E-state index contributed by atoms with van der Waals surface area (Å²) in [6.07, 6.45) is 6.60. The molecule has 1 aliphatic carbocycles. The Morgan fingerprint density at radius 2 is 1.90 bits per heavy atom. The van der Waals surface area contributed by atoms with Crippen molar-refractivity contribution in [2.75, 3.05) is 39.4 Å². The minimum Gasteiger partial charge on any atom is -0.381 e.